The van der Waals surface area contributed by atoms with Gasteiger partial charge in [-0.3, -0.25) is 9.59 Å². The predicted molar refractivity (Wildman–Crippen MR) is 93.9 cm³/mol. The number of rotatable bonds is 6. The maximum atomic E-state index is 12.0. The number of benzene rings is 1. The molecular weight excluding hydrogens is 290 g/mol. The van der Waals surface area contributed by atoms with Crippen molar-refractivity contribution < 1.29 is 4.79 Å². The van der Waals surface area contributed by atoms with Crippen LogP contribution in [0.3, 0.4) is 0 Å². The fourth-order valence-electron chi connectivity index (χ4n) is 2.53. The van der Waals surface area contributed by atoms with E-state index >= 15 is 0 Å². The van der Waals surface area contributed by atoms with Crippen LogP contribution in [0.5, 0.6) is 0 Å². The minimum Gasteiger partial charge on any atom is -0.369 e. The van der Waals surface area contributed by atoms with Crippen LogP contribution < -0.4 is 15.8 Å². The van der Waals surface area contributed by atoms with Crippen molar-refractivity contribution in [1.29, 1.82) is 0 Å². The second kappa shape index (κ2) is 7.63. The fraction of sp³-hybridized carbons (Fsp3) is 0.333. The van der Waals surface area contributed by atoms with Crippen LogP contribution in [0.2, 0.25) is 0 Å². The van der Waals surface area contributed by atoms with Crippen LogP contribution >= 0.6 is 0 Å². The molecule has 0 saturated heterocycles. The Labute approximate surface area is 136 Å². The number of carbonyl (C=O) groups excluding carboxylic acids is 1. The number of amides is 1. The number of hydrogen-bond acceptors (Lipinski definition) is 3. The lowest BCUT2D eigenvalue weighted by atomic mass is 10.2. The third-order valence-corrected chi connectivity index (χ3v) is 3.66. The highest BCUT2D eigenvalue weighted by atomic mass is 16.2. The summed E-state index contributed by atoms with van der Waals surface area (Å²) < 4.78 is 1.38. The lowest BCUT2D eigenvalue weighted by molar-refractivity contribution is -0.116. The molecule has 5 heteroatoms. The van der Waals surface area contributed by atoms with Crippen molar-refractivity contribution in [2.45, 2.75) is 33.4 Å². The molecule has 1 aromatic heterocycles. The van der Waals surface area contributed by atoms with E-state index in [4.69, 9.17) is 0 Å². The molecule has 1 aromatic carbocycles. The number of aromatic nitrogens is 1. The molecule has 0 saturated carbocycles. The van der Waals surface area contributed by atoms with Crippen molar-refractivity contribution in [3.63, 3.8) is 0 Å². The molecule has 0 aliphatic carbocycles. The average Bonchev–Trinajstić information content (AvgIpc) is 2.51. The van der Waals surface area contributed by atoms with Gasteiger partial charge < -0.3 is 14.8 Å². The number of carbonyl (C=O) groups is 1. The monoisotopic (exact) mass is 313 g/mol. The van der Waals surface area contributed by atoms with Gasteiger partial charge in [0, 0.05) is 36.2 Å². The number of nitrogens with zero attached hydrogens (tertiary/aromatic N) is 2. The van der Waals surface area contributed by atoms with E-state index in [1.54, 1.807) is 18.3 Å². The van der Waals surface area contributed by atoms with E-state index in [0.29, 0.717) is 6.04 Å². The SMILES string of the molecule is CCN(c1ccc(NC(=O)Cn2ccccc2=O)cc1)C(C)C. The summed E-state index contributed by atoms with van der Waals surface area (Å²) in [6.45, 7) is 7.36. The second-order valence-electron chi connectivity index (χ2n) is 5.64. The van der Waals surface area contributed by atoms with E-state index in [9.17, 15) is 9.59 Å². The van der Waals surface area contributed by atoms with E-state index in [1.165, 1.54) is 10.6 Å². The Morgan fingerprint density at radius 2 is 1.87 bits per heavy atom. The van der Waals surface area contributed by atoms with Gasteiger partial charge in [0.25, 0.3) is 5.56 Å². The minimum absolute atomic E-state index is 0.00844. The van der Waals surface area contributed by atoms with Gasteiger partial charge in [-0.1, -0.05) is 6.07 Å². The molecule has 0 fully saturated rings. The summed E-state index contributed by atoms with van der Waals surface area (Å²) in [6, 6.07) is 13.0. The third kappa shape index (κ3) is 4.45. The second-order valence-corrected chi connectivity index (χ2v) is 5.64. The van der Waals surface area contributed by atoms with Gasteiger partial charge in [-0.2, -0.15) is 0 Å². The Bertz CT molecular complexity index is 705. The summed E-state index contributed by atoms with van der Waals surface area (Å²) in [5.74, 6) is -0.220. The first-order valence-electron chi connectivity index (χ1n) is 7.83. The fourth-order valence-corrected chi connectivity index (χ4v) is 2.53. The Morgan fingerprint density at radius 1 is 1.17 bits per heavy atom. The maximum Gasteiger partial charge on any atom is 0.250 e. The van der Waals surface area contributed by atoms with Gasteiger partial charge in [0.05, 0.1) is 0 Å². The van der Waals surface area contributed by atoms with E-state index in [2.05, 4.69) is 31.0 Å². The topological polar surface area (TPSA) is 54.3 Å². The van der Waals surface area contributed by atoms with Crippen LogP contribution in [0, 0.1) is 0 Å². The molecule has 2 rings (SSSR count). The van der Waals surface area contributed by atoms with E-state index in [-0.39, 0.29) is 18.0 Å². The minimum atomic E-state index is -0.220. The number of anilines is 2. The van der Waals surface area contributed by atoms with E-state index in [1.807, 2.05) is 24.3 Å². The average molecular weight is 313 g/mol. The normalized spacial score (nSPS) is 10.6. The van der Waals surface area contributed by atoms with Gasteiger partial charge in [0.15, 0.2) is 0 Å². The largest absolute Gasteiger partial charge is 0.369 e. The maximum absolute atomic E-state index is 12.0. The molecule has 2 aromatic rings. The van der Waals surface area contributed by atoms with Crippen molar-refractivity contribution in [3.05, 3.63) is 59.0 Å². The smallest absolute Gasteiger partial charge is 0.250 e. The Hall–Kier alpha value is -2.56. The predicted octanol–water partition coefficient (Wildman–Crippen LogP) is 2.72. The van der Waals surface area contributed by atoms with Crippen LogP contribution in [0.25, 0.3) is 0 Å². The molecular formula is C18H23N3O2. The lowest BCUT2D eigenvalue weighted by Gasteiger charge is -2.27. The Balaban J connectivity index is 2.02. The molecule has 0 radical (unpaired) electrons. The highest BCUT2D eigenvalue weighted by molar-refractivity contribution is 5.90. The van der Waals surface area contributed by atoms with Crippen molar-refractivity contribution in [2.75, 3.05) is 16.8 Å². The summed E-state index contributed by atoms with van der Waals surface area (Å²) in [5.41, 5.74) is 1.66. The van der Waals surface area contributed by atoms with Gasteiger partial charge in [-0.05, 0) is 51.1 Å². The van der Waals surface area contributed by atoms with Crippen LogP contribution in [-0.4, -0.2) is 23.1 Å². The molecule has 0 unspecified atom stereocenters. The molecule has 122 valence electrons. The molecule has 0 atom stereocenters. The molecule has 1 heterocycles. The van der Waals surface area contributed by atoms with Crippen molar-refractivity contribution in [1.82, 2.24) is 4.57 Å². The van der Waals surface area contributed by atoms with Crippen molar-refractivity contribution in [3.8, 4) is 0 Å². The summed E-state index contributed by atoms with van der Waals surface area (Å²) >= 11 is 0. The quantitative estimate of drug-likeness (QED) is 0.892. The molecule has 0 aliphatic rings. The molecule has 0 spiro atoms. The molecule has 23 heavy (non-hydrogen) atoms. The summed E-state index contributed by atoms with van der Waals surface area (Å²) in [5, 5.41) is 2.81. The summed E-state index contributed by atoms with van der Waals surface area (Å²) in [7, 11) is 0. The number of hydrogen-bond donors (Lipinski definition) is 1. The highest BCUT2D eigenvalue weighted by Crippen LogP contribution is 2.19. The van der Waals surface area contributed by atoms with Crippen LogP contribution in [0.1, 0.15) is 20.8 Å². The first-order valence-corrected chi connectivity index (χ1v) is 7.83. The van der Waals surface area contributed by atoms with Crippen molar-refractivity contribution >= 4 is 17.3 Å². The van der Waals surface area contributed by atoms with Gasteiger partial charge in [0.2, 0.25) is 5.91 Å². The first-order chi connectivity index (χ1) is 11.0. The Morgan fingerprint density at radius 3 is 2.43 bits per heavy atom. The molecule has 0 bridgehead atoms. The van der Waals surface area contributed by atoms with Crippen molar-refractivity contribution in [2.24, 2.45) is 0 Å². The summed E-state index contributed by atoms with van der Waals surface area (Å²) in [4.78, 5) is 25.9. The Kier molecular flexibility index (Phi) is 5.57. The number of pyridine rings is 1. The van der Waals surface area contributed by atoms with Gasteiger partial charge >= 0.3 is 0 Å². The number of nitrogens with one attached hydrogen (secondary N) is 1. The van der Waals surface area contributed by atoms with E-state index in [0.717, 1.165) is 17.9 Å². The standard InChI is InChI=1S/C18H23N3O2/c1-4-21(14(2)3)16-10-8-15(9-11-16)19-17(22)13-20-12-6-5-7-18(20)23/h5-12,14H,4,13H2,1-3H3,(H,19,22). The third-order valence-electron chi connectivity index (χ3n) is 3.66. The van der Waals surface area contributed by atoms with Gasteiger partial charge in [-0.25, -0.2) is 0 Å². The molecule has 0 aliphatic heterocycles. The van der Waals surface area contributed by atoms with E-state index < -0.39 is 0 Å². The first kappa shape index (κ1) is 16.8. The van der Waals surface area contributed by atoms with Crippen LogP contribution in [0.15, 0.2) is 53.5 Å². The zero-order valence-electron chi connectivity index (χ0n) is 13.8. The molecule has 1 N–H and O–H groups in total. The van der Waals surface area contributed by atoms with Crippen LogP contribution in [-0.2, 0) is 11.3 Å². The van der Waals surface area contributed by atoms with Crippen LogP contribution in [0.4, 0.5) is 11.4 Å². The zero-order chi connectivity index (χ0) is 16.8. The zero-order valence-corrected chi connectivity index (χ0v) is 13.8. The molecule has 5 nitrogen and oxygen atoms in total. The summed E-state index contributed by atoms with van der Waals surface area (Å²) in [6.07, 6.45) is 1.60. The lowest BCUT2D eigenvalue weighted by Crippen LogP contribution is -2.30. The highest BCUT2D eigenvalue weighted by Gasteiger charge is 2.09. The molecule has 1 amide bonds. The van der Waals surface area contributed by atoms with Gasteiger partial charge in [-0.15, -0.1) is 0 Å². The van der Waals surface area contributed by atoms with Gasteiger partial charge in [0.1, 0.15) is 6.54 Å².